The van der Waals surface area contributed by atoms with Crippen LogP contribution in [0, 0.1) is 5.82 Å². The summed E-state index contributed by atoms with van der Waals surface area (Å²) in [5.74, 6) is -0.532. The number of nitrogens with one attached hydrogen (secondary N) is 1. The van der Waals surface area contributed by atoms with E-state index in [1.807, 2.05) is 54.6 Å². The van der Waals surface area contributed by atoms with Crippen LogP contribution in [0.15, 0.2) is 78.0 Å². The Morgan fingerprint density at radius 2 is 1.76 bits per heavy atom. The van der Waals surface area contributed by atoms with E-state index < -0.39 is 18.0 Å². The number of piperidine rings is 1. The molecule has 8 nitrogen and oxygen atoms in total. The Hall–Kier alpha value is -4.40. The normalized spacial score (nSPS) is 17.4. The molecule has 1 fully saturated rings. The number of ether oxygens (including phenoxy) is 2. The van der Waals surface area contributed by atoms with E-state index in [9.17, 15) is 14.0 Å². The summed E-state index contributed by atoms with van der Waals surface area (Å²) < 4.78 is 24.5. The molecule has 0 aromatic heterocycles. The van der Waals surface area contributed by atoms with Gasteiger partial charge in [-0.1, -0.05) is 30.3 Å². The van der Waals surface area contributed by atoms with Gasteiger partial charge in [0, 0.05) is 29.9 Å². The van der Waals surface area contributed by atoms with Crippen molar-refractivity contribution in [1.29, 1.82) is 0 Å². The largest absolute Gasteiger partial charge is 0.494 e. The minimum Gasteiger partial charge on any atom is -0.494 e. The Morgan fingerprint density at radius 1 is 1.03 bits per heavy atom. The molecule has 0 bridgehead atoms. The molecule has 37 heavy (non-hydrogen) atoms. The summed E-state index contributed by atoms with van der Waals surface area (Å²) in [5, 5.41) is 6.64. The van der Waals surface area contributed by atoms with Crippen molar-refractivity contribution in [2.75, 3.05) is 25.5 Å². The van der Waals surface area contributed by atoms with Crippen LogP contribution in [0.2, 0.25) is 0 Å². The van der Waals surface area contributed by atoms with E-state index in [1.54, 1.807) is 11.0 Å². The Morgan fingerprint density at radius 3 is 2.43 bits per heavy atom. The molecule has 1 atom stereocenters. The Balaban J connectivity index is 1.12. The first-order valence-electron chi connectivity index (χ1n) is 12.0. The highest BCUT2D eigenvalue weighted by Crippen LogP contribution is 2.30. The fraction of sp³-hybridized carbons (Fsp3) is 0.250. The molecule has 0 aliphatic carbocycles. The number of amides is 2. The number of halogens is 1. The van der Waals surface area contributed by atoms with Gasteiger partial charge in [0.2, 0.25) is 0 Å². The second kappa shape index (κ2) is 10.7. The first kappa shape index (κ1) is 24.3. The topological polar surface area (TPSA) is 89.5 Å². The number of oxime groups is 1. The van der Waals surface area contributed by atoms with Crippen molar-refractivity contribution in [1.82, 2.24) is 4.90 Å². The highest BCUT2D eigenvalue weighted by molar-refractivity contribution is 5.99. The number of rotatable bonds is 6. The number of benzene rings is 3. The van der Waals surface area contributed by atoms with Gasteiger partial charge in [-0.15, -0.1) is 0 Å². The highest BCUT2D eigenvalue weighted by Gasteiger charge is 2.30. The van der Waals surface area contributed by atoms with Gasteiger partial charge in [0.1, 0.15) is 0 Å². The van der Waals surface area contributed by atoms with Crippen LogP contribution in [0.25, 0.3) is 0 Å². The maximum Gasteiger partial charge on any atom is 0.346 e. The van der Waals surface area contributed by atoms with E-state index in [-0.39, 0.29) is 23.5 Å². The van der Waals surface area contributed by atoms with Gasteiger partial charge in [0.05, 0.1) is 7.11 Å². The lowest BCUT2D eigenvalue weighted by molar-refractivity contribution is -0.141. The molecule has 2 aliphatic heterocycles. The van der Waals surface area contributed by atoms with Crippen molar-refractivity contribution in [3.63, 3.8) is 0 Å². The van der Waals surface area contributed by atoms with E-state index in [4.69, 9.17) is 14.3 Å². The monoisotopic (exact) mass is 503 g/mol. The molecule has 9 heteroatoms. The summed E-state index contributed by atoms with van der Waals surface area (Å²) >= 11 is 0. The van der Waals surface area contributed by atoms with E-state index in [0.29, 0.717) is 24.3 Å². The van der Waals surface area contributed by atoms with Crippen LogP contribution in [0.3, 0.4) is 0 Å². The molecule has 2 aliphatic rings. The van der Waals surface area contributed by atoms with Crippen molar-refractivity contribution in [2.45, 2.75) is 25.0 Å². The summed E-state index contributed by atoms with van der Waals surface area (Å²) in [5.41, 5.74) is 2.78. The number of anilines is 1. The SMILES string of the molecule is COc1ccc(C(=O)N2CCC(c3ccc(NC(=O)C4ON=C(c5ccccc5)O4)cc3)CC2)cc1F. The summed E-state index contributed by atoms with van der Waals surface area (Å²) in [4.78, 5) is 32.2. The second-order valence-corrected chi connectivity index (χ2v) is 8.84. The maximum absolute atomic E-state index is 14.0. The van der Waals surface area contributed by atoms with Crippen molar-refractivity contribution in [3.05, 3.63) is 95.3 Å². The predicted molar refractivity (Wildman–Crippen MR) is 135 cm³/mol. The van der Waals surface area contributed by atoms with Gasteiger partial charge in [-0.2, -0.15) is 0 Å². The van der Waals surface area contributed by atoms with Gasteiger partial charge >= 0.3 is 12.2 Å². The number of carbonyl (C=O) groups is 2. The maximum atomic E-state index is 14.0. The van der Waals surface area contributed by atoms with Crippen LogP contribution in [0.5, 0.6) is 5.75 Å². The minimum absolute atomic E-state index is 0.114. The summed E-state index contributed by atoms with van der Waals surface area (Å²) in [6.07, 6.45) is 0.426. The number of hydrogen-bond donors (Lipinski definition) is 1. The molecule has 1 N–H and O–H groups in total. The third kappa shape index (κ3) is 5.40. The number of hydrogen-bond acceptors (Lipinski definition) is 6. The van der Waals surface area contributed by atoms with Crippen LogP contribution in [-0.2, 0) is 14.4 Å². The molecule has 5 rings (SSSR count). The van der Waals surface area contributed by atoms with Gasteiger partial charge in [-0.3, -0.25) is 9.59 Å². The highest BCUT2D eigenvalue weighted by atomic mass is 19.1. The van der Waals surface area contributed by atoms with Gasteiger partial charge < -0.3 is 24.5 Å². The van der Waals surface area contributed by atoms with E-state index >= 15 is 0 Å². The zero-order valence-electron chi connectivity index (χ0n) is 20.2. The van der Waals surface area contributed by atoms with Crippen molar-refractivity contribution >= 4 is 23.4 Å². The summed E-state index contributed by atoms with van der Waals surface area (Å²) in [7, 11) is 1.39. The fourth-order valence-corrected chi connectivity index (χ4v) is 4.48. The molecular formula is C28H26FN3O5. The molecule has 1 saturated heterocycles. The lowest BCUT2D eigenvalue weighted by atomic mass is 9.89. The molecule has 3 aromatic carbocycles. The van der Waals surface area contributed by atoms with Crippen LogP contribution in [0.4, 0.5) is 10.1 Å². The average molecular weight is 504 g/mol. The zero-order valence-corrected chi connectivity index (χ0v) is 20.2. The first-order chi connectivity index (χ1) is 18.0. The fourth-order valence-electron chi connectivity index (χ4n) is 4.48. The van der Waals surface area contributed by atoms with E-state index in [1.165, 1.54) is 19.2 Å². The molecule has 0 saturated carbocycles. The quantitative estimate of drug-likeness (QED) is 0.534. The molecule has 2 heterocycles. The zero-order chi connectivity index (χ0) is 25.8. The van der Waals surface area contributed by atoms with Gasteiger partial charge in [-0.05, 0) is 71.9 Å². The molecule has 1 unspecified atom stereocenters. The second-order valence-electron chi connectivity index (χ2n) is 8.84. The van der Waals surface area contributed by atoms with Crippen LogP contribution in [0.1, 0.15) is 40.2 Å². The number of methoxy groups -OCH3 is 1. The third-order valence-corrected chi connectivity index (χ3v) is 6.52. The molecule has 2 amide bonds. The van der Waals surface area contributed by atoms with E-state index in [2.05, 4.69) is 10.5 Å². The molecule has 3 aromatic rings. The van der Waals surface area contributed by atoms with Gasteiger partial charge in [-0.25, -0.2) is 4.39 Å². The molecule has 190 valence electrons. The van der Waals surface area contributed by atoms with Gasteiger partial charge in [0.25, 0.3) is 11.8 Å². The number of carbonyl (C=O) groups excluding carboxylic acids is 2. The molecular weight excluding hydrogens is 477 g/mol. The smallest absolute Gasteiger partial charge is 0.346 e. The summed E-state index contributed by atoms with van der Waals surface area (Å²) in [6.45, 7) is 1.16. The van der Waals surface area contributed by atoms with Crippen molar-refractivity contribution < 1.29 is 28.3 Å². The number of likely N-dealkylation sites (tertiary alicyclic amines) is 1. The lowest BCUT2D eigenvalue weighted by Gasteiger charge is -2.32. The first-order valence-corrected chi connectivity index (χ1v) is 12.0. The average Bonchev–Trinajstić information content (AvgIpc) is 3.44. The molecule has 0 radical (unpaired) electrons. The third-order valence-electron chi connectivity index (χ3n) is 6.52. The van der Waals surface area contributed by atoms with Crippen LogP contribution < -0.4 is 10.1 Å². The predicted octanol–water partition coefficient (Wildman–Crippen LogP) is 4.53. The van der Waals surface area contributed by atoms with Crippen molar-refractivity contribution in [2.24, 2.45) is 5.16 Å². The van der Waals surface area contributed by atoms with Crippen molar-refractivity contribution in [3.8, 4) is 5.75 Å². The molecule has 0 spiro atoms. The van der Waals surface area contributed by atoms with Crippen LogP contribution >= 0.6 is 0 Å². The number of nitrogens with zero attached hydrogens (tertiary/aromatic N) is 2. The van der Waals surface area contributed by atoms with Gasteiger partial charge in [0.15, 0.2) is 11.6 Å². The van der Waals surface area contributed by atoms with Crippen LogP contribution in [-0.4, -0.2) is 49.1 Å². The summed E-state index contributed by atoms with van der Waals surface area (Å²) in [6, 6.07) is 21.1. The Kier molecular flexibility index (Phi) is 7.02. The minimum atomic E-state index is -1.16. The lowest BCUT2D eigenvalue weighted by Crippen LogP contribution is -2.38. The standard InChI is InChI=1S/C28H26FN3O5/c1-35-24-12-9-21(17-23(24)29)27(34)32-15-13-19(14-16-32)18-7-10-22(11-8-18)30-25(33)28-36-26(31-37-28)20-5-3-2-4-6-20/h2-12,17,19,28H,13-16H2,1H3,(H,30,33). The Bertz CT molecular complexity index is 1310. The van der Waals surface area contributed by atoms with E-state index in [0.717, 1.165) is 24.0 Å². The Labute approximate surface area is 213 Å².